The second kappa shape index (κ2) is 8.30. The van der Waals surface area contributed by atoms with Crippen LogP contribution in [0.4, 0.5) is 0 Å². The quantitative estimate of drug-likeness (QED) is 0.615. The van der Waals surface area contributed by atoms with Gasteiger partial charge in [-0.2, -0.15) is 0 Å². The number of rotatable bonds is 7. The van der Waals surface area contributed by atoms with Gasteiger partial charge in [-0.05, 0) is 55.1 Å². The van der Waals surface area contributed by atoms with Crippen molar-refractivity contribution in [3.05, 3.63) is 0 Å². The van der Waals surface area contributed by atoms with E-state index in [1.54, 1.807) is 0 Å². The van der Waals surface area contributed by atoms with E-state index in [9.17, 15) is 5.11 Å². The van der Waals surface area contributed by atoms with Gasteiger partial charge in [-0.1, -0.05) is 53.9 Å². The summed E-state index contributed by atoms with van der Waals surface area (Å²) in [6, 6.07) is 0. The molecule has 1 rings (SSSR count). The molecular formula is C19H40O2Si. The zero-order valence-corrected chi connectivity index (χ0v) is 17.1. The summed E-state index contributed by atoms with van der Waals surface area (Å²) in [5.74, 6) is 1.94. The molecule has 0 saturated heterocycles. The minimum Gasteiger partial charge on any atom is -0.414 e. The van der Waals surface area contributed by atoms with Gasteiger partial charge in [0, 0.05) is 12.7 Å². The summed E-state index contributed by atoms with van der Waals surface area (Å²) >= 11 is 0. The van der Waals surface area contributed by atoms with E-state index in [0.29, 0.717) is 29.6 Å². The lowest BCUT2D eigenvalue weighted by atomic mass is 9.75. The van der Waals surface area contributed by atoms with Crippen molar-refractivity contribution in [1.29, 1.82) is 0 Å². The summed E-state index contributed by atoms with van der Waals surface area (Å²) in [4.78, 5) is 0. The van der Waals surface area contributed by atoms with Crippen LogP contribution < -0.4 is 0 Å². The maximum Gasteiger partial charge on any atom is 0.192 e. The van der Waals surface area contributed by atoms with E-state index >= 15 is 0 Å². The van der Waals surface area contributed by atoms with E-state index in [2.05, 4.69) is 47.7 Å². The van der Waals surface area contributed by atoms with Crippen LogP contribution in [0, 0.1) is 17.8 Å². The van der Waals surface area contributed by atoms with Crippen molar-refractivity contribution in [3.63, 3.8) is 0 Å². The highest BCUT2D eigenvalue weighted by atomic mass is 28.4. The molecule has 132 valence electrons. The highest BCUT2D eigenvalue weighted by Crippen LogP contribution is 2.42. The minimum absolute atomic E-state index is 0.295. The molecule has 22 heavy (non-hydrogen) atoms. The van der Waals surface area contributed by atoms with E-state index in [1.165, 1.54) is 32.1 Å². The van der Waals surface area contributed by atoms with Gasteiger partial charge in [0.1, 0.15) is 0 Å². The Kier molecular flexibility index (Phi) is 7.61. The molecule has 1 aliphatic carbocycles. The van der Waals surface area contributed by atoms with Gasteiger partial charge in [0.05, 0.1) is 0 Å². The molecule has 0 aromatic heterocycles. The number of hydrogen-bond donors (Lipinski definition) is 1. The van der Waals surface area contributed by atoms with Gasteiger partial charge in [-0.3, -0.25) is 0 Å². The summed E-state index contributed by atoms with van der Waals surface area (Å²) in [7, 11) is -1.67. The van der Waals surface area contributed by atoms with E-state index in [1.807, 2.05) is 0 Å². The molecule has 0 aliphatic heterocycles. The Hall–Kier alpha value is 0.137. The Morgan fingerprint density at radius 1 is 1.23 bits per heavy atom. The Bertz CT molecular complexity index is 322. The first kappa shape index (κ1) is 20.2. The minimum atomic E-state index is -1.67. The lowest BCUT2D eigenvalue weighted by Gasteiger charge is -2.45. The van der Waals surface area contributed by atoms with Crippen LogP contribution in [0.25, 0.3) is 0 Å². The fraction of sp³-hybridized carbons (Fsp3) is 1.00. The third-order valence-electron chi connectivity index (χ3n) is 6.15. The maximum atomic E-state index is 9.20. The van der Waals surface area contributed by atoms with Crippen LogP contribution in [0.1, 0.15) is 73.1 Å². The average molecular weight is 329 g/mol. The van der Waals surface area contributed by atoms with Crippen LogP contribution in [-0.2, 0) is 4.43 Å². The molecule has 0 aromatic carbocycles. The molecule has 2 nitrogen and oxygen atoms in total. The van der Waals surface area contributed by atoms with E-state index < -0.39 is 8.32 Å². The van der Waals surface area contributed by atoms with Crippen LogP contribution in [-0.4, -0.2) is 26.1 Å². The van der Waals surface area contributed by atoms with Gasteiger partial charge < -0.3 is 9.53 Å². The van der Waals surface area contributed by atoms with Crippen LogP contribution in [0.15, 0.2) is 0 Å². The number of aliphatic hydroxyl groups is 1. The maximum absolute atomic E-state index is 9.20. The monoisotopic (exact) mass is 328 g/mol. The number of hydrogen-bond acceptors (Lipinski definition) is 2. The molecule has 0 radical (unpaired) electrons. The largest absolute Gasteiger partial charge is 0.414 e. The Labute approximate surface area is 140 Å². The predicted octanol–water partition coefficient (Wildman–Crippen LogP) is 5.61. The highest BCUT2D eigenvalue weighted by molar-refractivity contribution is 6.74. The molecule has 1 aliphatic rings. The molecule has 0 amide bonds. The van der Waals surface area contributed by atoms with Crippen molar-refractivity contribution >= 4 is 8.32 Å². The smallest absolute Gasteiger partial charge is 0.192 e. The molecule has 0 heterocycles. The Morgan fingerprint density at radius 3 is 2.41 bits per heavy atom. The van der Waals surface area contributed by atoms with E-state index in [4.69, 9.17) is 4.43 Å². The molecule has 1 unspecified atom stereocenters. The zero-order chi connectivity index (χ0) is 17.0. The van der Waals surface area contributed by atoms with Crippen molar-refractivity contribution in [3.8, 4) is 0 Å². The third kappa shape index (κ3) is 5.65. The van der Waals surface area contributed by atoms with Crippen molar-refractivity contribution in [2.24, 2.45) is 17.8 Å². The first-order valence-electron chi connectivity index (χ1n) is 9.37. The molecule has 1 N–H and O–H groups in total. The highest BCUT2D eigenvalue weighted by Gasteiger charge is 2.42. The first-order chi connectivity index (χ1) is 10.1. The molecule has 0 bridgehead atoms. The van der Waals surface area contributed by atoms with Crippen molar-refractivity contribution in [2.45, 2.75) is 97.4 Å². The van der Waals surface area contributed by atoms with Gasteiger partial charge in [0.25, 0.3) is 0 Å². The zero-order valence-electron chi connectivity index (χ0n) is 16.1. The summed E-state index contributed by atoms with van der Waals surface area (Å²) in [5, 5.41) is 9.49. The van der Waals surface area contributed by atoms with Crippen molar-refractivity contribution in [2.75, 3.05) is 6.61 Å². The normalized spacial score (nSPS) is 28.6. The summed E-state index contributed by atoms with van der Waals surface area (Å²) in [5.41, 5.74) is 0. The van der Waals surface area contributed by atoms with Gasteiger partial charge in [-0.15, -0.1) is 0 Å². The van der Waals surface area contributed by atoms with E-state index in [0.717, 1.165) is 12.3 Å². The van der Waals surface area contributed by atoms with Crippen LogP contribution >= 0.6 is 0 Å². The summed E-state index contributed by atoms with van der Waals surface area (Å²) in [6.07, 6.45) is 8.04. The molecule has 0 aromatic rings. The van der Waals surface area contributed by atoms with Crippen LogP contribution in [0.2, 0.25) is 18.1 Å². The predicted molar refractivity (Wildman–Crippen MR) is 98.7 cm³/mol. The van der Waals surface area contributed by atoms with Gasteiger partial charge in [-0.25, -0.2) is 0 Å². The third-order valence-corrected chi connectivity index (χ3v) is 10.7. The molecule has 1 fully saturated rings. The average Bonchev–Trinajstić information content (AvgIpc) is 2.40. The molecular weight excluding hydrogens is 288 g/mol. The fourth-order valence-corrected chi connectivity index (χ4v) is 4.80. The van der Waals surface area contributed by atoms with Gasteiger partial charge >= 0.3 is 0 Å². The lowest BCUT2D eigenvalue weighted by Crippen LogP contribution is -2.47. The van der Waals surface area contributed by atoms with Gasteiger partial charge in [0.2, 0.25) is 0 Å². The first-order valence-corrected chi connectivity index (χ1v) is 12.3. The second-order valence-electron chi connectivity index (χ2n) is 9.21. The molecule has 1 saturated carbocycles. The van der Waals surface area contributed by atoms with Crippen LogP contribution in [0.3, 0.4) is 0 Å². The number of aliphatic hydroxyl groups excluding tert-OH is 1. The fourth-order valence-electron chi connectivity index (χ4n) is 3.40. The van der Waals surface area contributed by atoms with Crippen LogP contribution in [0.5, 0.6) is 0 Å². The standard InChI is InChI=1S/C19H40O2Si/c1-15(14-20)10-8-12-17-16(2)11-9-13-18(17)21-22(6,7)19(3,4)5/h15-18,20H,8-14H2,1-7H3/t15?,16-,17-,18+/m1/s1. The van der Waals surface area contributed by atoms with E-state index in [-0.39, 0.29) is 0 Å². The lowest BCUT2D eigenvalue weighted by molar-refractivity contribution is 0.0402. The Morgan fingerprint density at radius 2 is 1.86 bits per heavy atom. The molecule has 4 atom stereocenters. The Balaban J connectivity index is 2.65. The van der Waals surface area contributed by atoms with Gasteiger partial charge in [0.15, 0.2) is 8.32 Å². The molecule has 3 heteroatoms. The summed E-state index contributed by atoms with van der Waals surface area (Å²) in [6.45, 7) is 16.7. The topological polar surface area (TPSA) is 29.5 Å². The summed E-state index contributed by atoms with van der Waals surface area (Å²) < 4.78 is 6.80. The SMILES string of the molecule is CC(CO)CCC[C@@H]1[C@H](C)CCC[C@@H]1O[Si](C)(C)C(C)(C)C. The second-order valence-corrected chi connectivity index (χ2v) is 14.0. The van der Waals surface area contributed by atoms with Crippen molar-refractivity contribution < 1.29 is 9.53 Å². The molecule has 0 spiro atoms. The van der Waals surface area contributed by atoms with Crippen molar-refractivity contribution in [1.82, 2.24) is 0 Å².